The zero-order valence-electron chi connectivity index (χ0n) is 12.9. The van der Waals surface area contributed by atoms with Gasteiger partial charge >= 0.3 is 0 Å². The van der Waals surface area contributed by atoms with Crippen LogP contribution in [0.15, 0.2) is 36.5 Å². The molecule has 0 unspecified atom stereocenters. The van der Waals surface area contributed by atoms with E-state index in [4.69, 9.17) is 0 Å². The number of aromatic nitrogens is 1. The molecule has 0 fully saturated rings. The van der Waals surface area contributed by atoms with E-state index in [1.54, 1.807) is 13.1 Å². The van der Waals surface area contributed by atoms with Crippen molar-refractivity contribution < 1.29 is 18.4 Å². The van der Waals surface area contributed by atoms with Gasteiger partial charge in [-0.2, -0.15) is 0 Å². The van der Waals surface area contributed by atoms with Gasteiger partial charge in [-0.1, -0.05) is 18.2 Å². The Hall–Kier alpha value is -1.99. The zero-order chi connectivity index (χ0) is 16.9. The normalized spacial score (nSPS) is 13.0. The molecule has 0 saturated carbocycles. The van der Waals surface area contributed by atoms with Gasteiger partial charge in [0.1, 0.15) is 0 Å². The van der Waals surface area contributed by atoms with Crippen LogP contribution in [-0.4, -0.2) is 41.9 Å². The minimum Gasteiger partial charge on any atom is -0.286 e. The molecule has 1 atom stereocenters. The fourth-order valence-corrected chi connectivity index (χ4v) is 3.77. The molecule has 0 bridgehead atoms. The van der Waals surface area contributed by atoms with E-state index in [0.29, 0.717) is 29.9 Å². The average Bonchev–Trinajstić information content (AvgIpc) is 2.53. The van der Waals surface area contributed by atoms with Crippen molar-refractivity contribution in [3.63, 3.8) is 0 Å². The minimum absolute atomic E-state index is 0.0108. The number of sulfone groups is 1. The third-order valence-corrected chi connectivity index (χ3v) is 5.35. The standard InChI is InChI=1S/C16H20N2O4S/c1-13(18(20)12-19)5-4-8-23(21,22)11-14-9-15-6-2-3-7-16(15)17-10-14/h2-3,6-7,9-10,12-13,20H,4-5,8,11H2,1H3/t13-/m0/s1. The number of para-hydroxylation sites is 1. The molecule has 1 aromatic heterocycles. The second-order valence-electron chi connectivity index (χ2n) is 5.60. The molecule has 1 N–H and O–H groups in total. The first-order valence-corrected chi connectivity index (χ1v) is 9.20. The van der Waals surface area contributed by atoms with Gasteiger partial charge < -0.3 is 0 Å². The molecule has 6 nitrogen and oxygen atoms in total. The summed E-state index contributed by atoms with van der Waals surface area (Å²) in [4.78, 5) is 14.7. The highest BCUT2D eigenvalue weighted by Gasteiger charge is 2.15. The number of benzene rings is 1. The number of amides is 1. The van der Waals surface area contributed by atoms with E-state index in [9.17, 15) is 18.4 Å². The summed E-state index contributed by atoms with van der Waals surface area (Å²) >= 11 is 0. The molecule has 1 heterocycles. The summed E-state index contributed by atoms with van der Waals surface area (Å²) in [5.41, 5.74) is 1.49. The summed E-state index contributed by atoms with van der Waals surface area (Å²) in [6, 6.07) is 8.99. The maximum Gasteiger partial charge on any atom is 0.233 e. The highest BCUT2D eigenvalue weighted by Crippen LogP contribution is 2.15. The second-order valence-corrected chi connectivity index (χ2v) is 7.79. The fourth-order valence-electron chi connectivity index (χ4n) is 2.36. The third kappa shape index (κ3) is 5.01. The predicted molar refractivity (Wildman–Crippen MR) is 87.6 cm³/mol. The average molecular weight is 336 g/mol. The van der Waals surface area contributed by atoms with Gasteiger partial charge in [-0.15, -0.1) is 0 Å². The lowest BCUT2D eigenvalue weighted by molar-refractivity contribution is -0.159. The summed E-state index contributed by atoms with van der Waals surface area (Å²) in [6.45, 7) is 1.66. The van der Waals surface area contributed by atoms with Gasteiger partial charge in [0.15, 0.2) is 9.84 Å². The van der Waals surface area contributed by atoms with E-state index in [1.807, 2.05) is 30.3 Å². The Labute approximate surface area is 135 Å². The van der Waals surface area contributed by atoms with Crippen molar-refractivity contribution in [1.82, 2.24) is 10.0 Å². The van der Waals surface area contributed by atoms with Crippen LogP contribution in [0.1, 0.15) is 25.3 Å². The van der Waals surface area contributed by atoms with Crippen LogP contribution < -0.4 is 0 Å². The summed E-state index contributed by atoms with van der Waals surface area (Å²) < 4.78 is 24.4. The quantitative estimate of drug-likeness (QED) is 0.453. The molecule has 0 aliphatic heterocycles. The van der Waals surface area contributed by atoms with Crippen LogP contribution in [0, 0.1) is 0 Å². The molecule has 0 radical (unpaired) electrons. The van der Waals surface area contributed by atoms with Crippen molar-refractivity contribution >= 4 is 27.2 Å². The van der Waals surface area contributed by atoms with E-state index < -0.39 is 15.9 Å². The highest BCUT2D eigenvalue weighted by atomic mass is 32.2. The molecule has 2 rings (SSSR count). The van der Waals surface area contributed by atoms with E-state index >= 15 is 0 Å². The van der Waals surface area contributed by atoms with Crippen molar-refractivity contribution in [2.24, 2.45) is 0 Å². The second kappa shape index (κ2) is 7.52. The summed E-state index contributed by atoms with van der Waals surface area (Å²) in [6.07, 6.45) is 2.71. The van der Waals surface area contributed by atoms with Gasteiger partial charge in [0, 0.05) is 11.6 Å². The number of rotatable bonds is 8. The van der Waals surface area contributed by atoms with E-state index in [1.165, 1.54) is 0 Å². The first-order valence-electron chi connectivity index (χ1n) is 7.38. The maximum atomic E-state index is 12.2. The topological polar surface area (TPSA) is 87.6 Å². The first-order chi connectivity index (χ1) is 10.9. The van der Waals surface area contributed by atoms with Gasteiger partial charge in [0.25, 0.3) is 0 Å². The largest absolute Gasteiger partial charge is 0.286 e. The molecule has 1 aromatic carbocycles. The summed E-state index contributed by atoms with van der Waals surface area (Å²) in [7, 11) is -3.26. The number of carbonyl (C=O) groups is 1. The van der Waals surface area contributed by atoms with Crippen molar-refractivity contribution in [3.05, 3.63) is 42.1 Å². The van der Waals surface area contributed by atoms with E-state index in [2.05, 4.69) is 4.98 Å². The lowest BCUT2D eigenvalue weighted by Crippen LogP contribution is -2.28. The Morgan fingerprint density at radius 1 is 1.35 bits per heavy atom. The van der Waals surface area contributed by atoms with Crippen LogP contribution in [0.3, 0.4) is 0 Å². The third-order valence-electron chi connectivity index (χ3n) is 3.67. The molecule has 2 aromatic rings. The van der Waals surface area contributed by atoms with Crippen molar-refractivity contribution in [2.45, 2.75) is 31.6 Å². The molecular weight excluding hydrogens is 316 g/mol. The molecule has 0 saturated heterocycles. The molecule has 0 aliphatic rings. The SMILES string of the molecule is C[C@@H](CCCS(=O)(=O)Cc1cnc2ccccc2c1)N(O)C=O. The lowest BCUT2D eigenvalue weighted by atomic mass is 10.2. The van der Waals surface area contributed by atoms with Gasteiger partial charge in [-0.3, -0.25) is 15.0 Å². The Morgan fingerprint density at radius 2 is 2.09 bits per heavy atom. The van der Waals surface area contributed by atoms with Crippen LogP contribution in [0.5, 0.6) is 0 Å². The Balaban J connectivity index is 1.95. The minimum atomic E-state index is -3.26. The number of carbonyl (C=O) groups excluding carboxylic acids is 1. The molecule has 1 amide bonds. The smallest absolute Gasteiger partial charge is 0.233 e. The van der Waals surface area contributed by atoms with E-state index in [-0.39, 0.29) is 11.5 Å². The van der Waals surface area contributed by atoms with Crippen LogP contribution in [-0.2, 0) is 20.4 Å². The van der Waals surface area contributed by atoms with Crippen LogP contribution in [0.2, 0.25) is 0 Å². The monoisotopic (exact) mass is 336 g/mol. The first kappa shape index (κ1) is 17.4. The predicted octanol–water partition coefficient (Wildman–Crippen LogP) is 2.17. The molecule has 7 heteroatoms. The van der Waals surface area contributed by atoms with Crippen molar-refractivity contribution in [1.29, 1.82) is 0 Å². The molecule has 0 spiro atoms. The molecule has 0 aliphatic carbocycles. The highest BCUT2D eigenvalue weighted by molar-refractivity contribution is 7.90. The molecular formula is C16H20N2O4S. The van der Waals surface area contributed by atoms with Crippen molar-refractivity contribution in [3.8, 4) is 0 Å². The van der Waals surface area contributed by atoms with Gasteiger partial charge in [-0.05, 0) is 37.5 Å². The van der Waals surface area contributed by atoms with Gasteiger partial charge in [0.2, 0.25) is 6.41 Å². The number of hydroxylamine groups is 2. The van der Waals surface area contributed by atoms with Crippen molar-refractivity contribution in [2.75, 3.05) is 5.75 Å². The van der Waals surface area contributed by atoms with Crippen LogP contribution in [0.4, 0.5) is 0 Å². The summed E-state index contributed by atoms with van der Waals surface area (Å²) in [5, 5.41) is 10.7. The molecule has 124 valence electrons. The van der Waals surface area contributed by atoms with Crippen LogP contribution in [0.25, 0.3) is 10.9 Å². The maximum absolute atomic E-state index is 12.2. The number of fused-ring (bicyclic) bond motifs is 1. The zero-order valence-corrected chi connectivity index (χ0v) is 13.7. The number of hydrogen-bond acceptors (Lipinski definition) is 5. The van der Waals surface area contributed by atoms with Crippen LogP contribution >= 0.6 is 0 Å². The Morgan fingerprint density at radius 3 is 2.83 bits per heavy atom. The molecule has 23 heavy (non-hydrogen) atoms. The number of nitrogens with zero attached hydrogens (tertiary/aromatic N) is 2. The lowest BCUT2D eigenvalue weighted by Gasteiger charge is -2.17. The number of pyridine rings is 1. The number of hydrogen-bond donors (Lipinski definition) is 1. The Bertz CT molecular complexity index is 776. The van der Waals surface area contributed by atoms with Gasteiger partial charge in [-0.25, -0.2) is 13.5 Å². The fraction of sp³-hybridized carbons (Fsp3) is 0.375. The van der Waals surface area contributed by atoms with E-state index in [0.717, 1.165) is 10.9 Å². The Kier molecular flexibility index (Phi) is 5.68. The summed E-state index contributed by atoms with van der Waals surface area (Å²) in [5.74, 6) is -0.0490. The van der Waals surface area contributed by atoms with Gasteiger partial charge in [0.05, 0.1) is 23.1 Å².